The fourth-order valence-electron chi connectivity index (χ4n) is 2.79. The molecule has 0 bridgehead atoms. The van der Waals surface area contributed by atoms with Crippen LogP contribution in [0, 0.1) is 0 Å². The largest absolute Gasteiger partial charge is 0.497 e. The number of methoxy groups -OCH3 is 1. The van der Waals surface area contributed by atoms with Gasteiger partial charge >= 0.3 is 0 Å². The molecule has 0 amide bonds. The monoisotopic (exact) mass is 322 g/mol. The van der Waals surface area contributed by atoms with Gasteiger partial charge in [0.2, 0.25) is 5.95 Å². The number of hydrogen-bond acceptors (Lipinski definition) is 5. The summed E-state index contributed by atoms with van der Waals surface area (Å²) in [6, 6.07) is 11.6. The topological polar surface area (TPSA) is 65.1 Å². The van der Waals surface area contributed by atoms with Crippen molar-refractivity contribution in [2.24, 2.45) is 0 Å². The Morgan fingerprint density at radius 2 is 2.08 bits per heavy atom. The Kier molecular flexibility index (Phi) is 3.57. The summed E-state index contributed by atoms with van der Waals surface area (Å²) >= 11 is 0. The van der Waals surface area contributed by atoms with Crippen LogP contribution in [0.4, 0.5) is 5.95 Å². The number of rotatable bonds is 4. The van der Waals surface area contributed by atoms with Crippen LogP contribution >= 0.6 is 0 Å². The minimum atomic E-state index is -0.124. The zero-order chi connectivity index (χ0) is 16.5. The van der Waals surface area contributed by atoms with E-state index in [0.717, 1.165) is 41.0 Å². The lowest BCUT2D eigenvalue weighted by atomic mass is 10.1. The van der Waals surface area contributed by atoms with E-state index in [1.807, 2.05) is 48.0 Å². The van der Waals surface area contributed by atoms with Crippen LogP contribution in [0.15, 0.2) is 53.2 Å². The molecule has 1 aromatic carbocycles. The van der Waals surface area contributed by atoms with Crippen LogP contribution in [-0.2, 0) is 6.42 Å². The first kappa shape index (κ1) is 14.6. The number of aromatic nitrogens is 3. The summed E-state index contributed by atoms with van der Waals surface area (Å²) in [6.07, 6.45) is 4.56. The normalized spacial score (nSPS) is 16.2. The summed E-state index contributed by atoms with van der Waals surface area (Å²) in [7, 11) is 1.66. The maximum Gasteiger partial charge on any atom is 0.226 e. The van der Waals surface area contributed by atoms with Gasteiger partial charge < -0.3 is 14.5 Å². The number of hydrogen-bond donors (Lipinski definition) is 1. The molecule has 0 saturated carbocycles. The molecule has 0 unspecified atom stereocenters. The molecule has 3 heterocycles. The highest BCUT2D eigenvalue weighted by Gasteiger charge is 2.26. The Hall–Kier alpha value is -3.02. The quantitative estimate of drug-likeness (QED) is 0.796. The molecule has 0 spiro atoms. The Labute approximate surface area is 139 Å². The van der Waals surface area contributed by atoms with Crippen LogP contribution < -0.4 is 10.1 Å². The predicted octanol–water partition coefficient (Wildman–Crippen LogP) is 3.50. The number of ether oxygens (including phenoxy) is 1. The fourth-order valence-corrected chi connectivity index (χ4v) is 2.79. The highest BCUT2D eigenvalue weighted by Crippen LogP contribution is 2.33. The first-order valence-corrected chi connectivity index (χ1v) is 7.90. The van der Waals surface area contributed by atoms with Crippen molar-refractivity contribution in [1.29, 1.82) is 0 Å². The molecular formula is C18H18N4O2. The average molecular weight is 322 g/mol. The van der Waals surface area contributed by atoms with E-state index in [0.29, 0.717) is 0 Å². The van der Waals surface area contributed by atoms with Gasteiger partial charge in [0, 0.05) is 12.1 Å². The molecule has 0 saturated heterocycles. The van der Waals surface area contributed by atoms with Crippen molar-refractivity contribution in [3.63, 3.8) is 0 Å². The maximum atomic E-state index is 5.61. The van der Waals surface area contributed by atoms with E-state index >= 15 is 0 Å². The average Bonchev–Trinajstić information content (AvgIpc) is 3.30. The van der Waals surface area contributed by atoms with Crippen molar-refractivity contribution in [3.05, 3.63) is 65.9 Å². The van der Waals surface area contributed by atoms with Crippen LogP contribution in [0.25, 0.3) is 5.70 Å². The molecule has 0 radical (unpaired) electrons. The molecule has 1 N–H and O–H groups in total. The minimum Gasteiger partial charge on any atom is -0.497 e. The second-order valence-corrected chi connectivity index (χ2v) is 5.54. The second-order valence-electron chi connectivity index (χ2n) is 5.54. The van der Waals surface area contributed by atoms with Crippen molar-refractivity contribution in [3.8, 4) is 5.75 Å². The smallest absolute Gasteiger partial charge is 0.226 e. The van der Waals surface area contributed by atoms with E-state index in [1.54, 1.807) is 13.4 Å². The third-order valence-electron chi connectivity index (χ3n) is 4.06. The number of aryl methyl sites for hydroxylation is 1. The van der Waals surface area contributed by atoms with Crippen LogP contribution in [0.1, 0.15) is 30.1 Å². The summed E-state index contributed by atoms with van der Waals surface area (Å²) in [5.74, 6) is 3.19. The van der Waals surface area contributed by atoms with Gasteiger partial charge in [-0.25, -0.2) is 4.68 Å². The lowest BCUT2D eigenvalue weighted by Crippen LogP contribution is -2.19. The fraction of sp³-hybridized carbons (Fsp3) is 0.222. The molecule has 6 heteroatoms. The van der Waals surface area contributed by atoms with Gasteiger partial charge in [-0.3, -0.25) is 0 Å². The van der Waals surface area contributed by atoms with Gasteiger partial charge in [0.15, 0.2) is 5.82 Å². The summed E-state index contributed by atoms with van der Waals surface area (Å²) in [4.78, 5) is 4.57. The number of benzene rings is 1. The number of fused-ring (bicyclic) bond motifs is 1. The Morgan fingerprint density at radius 1 is 1.25 bits per heavy atom. The summed E-state index contributed by atoms with van der Waals surface area (Å²) in [5, 5.41) is 7.95. The van der Waals surface area contributed by atoms with E-state index in [4.69, 9.17) is 9.15 Å². The van der Waals surface area contributed by atoms with E-state index in [2.05, 4.69) is 21.5 Å². The number of nitrogens with one attached hydrogen (secondary N) is 1. The van der Waals surface area contributed by atoms with E-state index in [9.17, 15) is 0 Å². The highest BCUT2D eigenvalue weighted by molar-refractivity contribution is 5.77. The molecule has 4 rings (SSSR count). The number of allylic oxidation sites excluding steroid dienone is 1. The summed E-state index contributed by atoms with van der Waals surface area (Å²) in [6.45, 7) is 2.04. The number of nitrogens with zero attached hydrogens (tertiary/aromatic N) is 3. The van der Waals surface area contributed by atoms with Gasteiger partial charge in [0.1, 0.15) is 17.6 Å². The van der Waals surface area contributed by atoms with Crippen molar-refractivity contribution >= 4 is 11.6 Å². The molecule has 1 aliphatic heterocycles. The second kappa shape index (κ2) is 5.88. The third-order valence-corrected chi connectivity index (χ3v) is 4.06. The minimum absolute atomic E-state index is 0.124. The van der Waals surface area contributed by atoms with Gasteiger partial charge in [0.25, 0.3) is 0 Å². The molecule has 122 valence electrons. The Bertz CT molecular complexity index is 863. The van der Waals surface area contributed by atoms with Gasteiger partial charge in [0.05, 0.1) is 13.4 Å². The van der Waals surface area contributed by atoms with Crippen molar-refractivity contribution in [1.82, 2.24) is 14.8 Å². The van der Waals surface area contributed by atoms with Crippen molar-refractivity contribution < 1.29 is 9.15 Å². The van der Waals surface area contributed by atoms with Gasteiger partial charge in [-0.2, -0.15) is 10.1 Å². The Morgan fingerprint density at radius 3 is 2.75 bits per heavy atom. The maximum absolute atomic E-state index is 5.61. The molecule has 0 fully saturated rings. The van der Waals surface area contributed by atoms with Crippen molar-refractivity contribution in [2.45, 2.75) is 19.4 Å². The van der Waals surface area contributed by atoms with Crippen LogP contribution in [-0.4, -0.2) is 21.9 Å². The van der Waals surface area contributed by atoms with Crippen LogP contribution in [0.5, 0.6) is 5.75 Å². The van der Waals surface area contributed by atoms with Gasteiger partial charge in [-0.05, 0) is 48.0 Å². The van der Waals surface area contributed by atoms with E-state index in [1.165, 1.54) is 0 Å². The molecule has 6 nitrogen and oxygen atoms in total. The van der Waals surface area contributed by atoms with E-state index in [-0.39, 0.29) is 6.04 Å². The summed E-state index contributed by atoms with van der Waals surface area (Å²) in [5.41, 5.74) is 2.03. The van der Waals surface area contributed by atoms with Gasteiger partial charge in [-0.1, -0.05) is 6.92 Å². The lowest BCUT2D eigenvalue weighted by Gasteiger charge is -2.22. The predicted molar refractivity (Wildman–Crippen MR) is 90.8 cm³/mol. The van der Waals surface area contributed by atoms with E-state index < -0.39 is 0 Å². The first-order chi connectivity index (χ1) is 11.8. The molecular weight excluding hydrogens is 304 g/mol. The zero-order valence-electron chi connectivity index (χ0n) is 13.6. The Balaban J connectivity index is 1.77. The summed E-state index contributed by atoms with van der Waals surface area (Å²) < 4.78 is 12.7. The highest BCUT2D eigenvalue weighted by atomic mass is 16.5. The molecule has 1 atom stereocenters. The van der Waals surface area contributed by atoms with Crippen molar-refractivity contribution in [2.75, 3.05) is 12.4 Å². The number of anilines is 1. The molecule has 1 aliphatic rings. The molecule has 2 aromatic heterocycles. The molecule has 24 heavy (non-hydrogen) atoms. The first-order valence-electron chi connectivity index (χ1n) is 7.90. The molecule has 3 aromatic rings. The van der Waals surface area contributed by atoms with Gasteiger partial charge in [-0.15, -0.1) is 0 Å². The van der Waals surface area contributed by atoms with Crippen LogP contribution in [0.3, 0.4) is 0 Å². The SMILES string of the molecule is CCc1nc2n(n1)[C@H](c1ccco1)C=C(c1ccc(OC)cc1)N2. The molecule has 0 aliphatic carbocycles. The van der Waals surface area contributed by atoms with Crippen LogP contribution in [0.2, 0.25) is 0 Å². The standard InChI is InChI=1S/C18H18N4O2/c1-3-17-20-18-19-14(12-6-8-13(23-2)9-7-12)11-15(22(18)21-17)16-5-4-10-24-16/h4-11,15H,3H2,1-2H3,(H,19,20,21)/t15-/m0/s1. The third kappa shape index (κ3) is 2.46. The number of furan rings is 1. The zero-order valence-corrected chi connectivity index (χ0v) is 13.6. The lowest BCUT2D eigenvalue weighted by molar-refractivity contribution is 0.415.